The van der Waals surface area contributed by atoms with Gasteiger partial charge >= 0.3 is 0 Å². The van der Waals surface area contributed by atoms with E-state index in [1.165, 1.54) is 7.11 Å². The summed E-state index contributed by atoms with van der Waals surface area (Å²) in [4.78, 5) is 24.7. The highest BCUT2D eigenvalue weighted by molar-refractivity contribution is 6.08. The molecule has 0 fully saturated rings. The first-order chi connectivity index (χ1) is 12.6. The van der Waals surface area contributed by atoms with Gasteiger partial charge in [0.25, 0.3) is 5.91 Å². The van der Waals surface area contributed by atoms with E-state index >= 15 is 0 Å². The minimum Gasteiger partial charge on any atom is -0.497 e. The molecular formula is C20H24N2O4. The molecule has 6 nitrogen and oxygen atoms in total. The fourth-order valence-electron chi connectivity index (χ4n) is 2.43. The summed E-state index contributed by atoms with van der Waals surface area (Å²) in [6.07, 6.45) is 2.22. The van der Waals surface area contributed by atoms with Crippen molar-refractivity contribution in [1.29, 1.82) is 0 Å². The largest absolute Gasteiger partial charge is 0.497 e. The van der Waals surface area contributed by atoms with Gasteiger partial charge in [0.15, 0.2) is 0 Å². The molecule has 0 aromatic heterocycles. The Balaban J connectivity index is 2.18. The summed E-state index contributed by atoms with van der Waals surface area (Å²) in [5, 5.41) is 5.67. The number of ether oxygens (including phenoxy) is 2. The van der Waals surface area contributed by atoms with Gasteiger partial charge in [-0.2, -0.15) is 0 Å². The normalized spacial score (nSPS) is 10.1. The fraction of sp³-hybridized carbons (Fsp3) is 0.300. The van der Waals surface area contributed by atoms with Gasteiger partial charge in [0.2, 0.25) is 5.91 Å². The molecule has 0 aliphatic heterocycles. The average molecular weight is 356 g/mol. The Morgan fingerprint density at radius 1 is 0.962 bits per heavy atom. The van der Waals surface area contributed by atoms with E-state index in [1.54, 1.807) is 49.6 Å². The molecule has 2 aromatic rings. The summed E-state index contributed by atoms with van der Waals surface area (Å²) in [6.45, 7) is 2.03. The fourth-order valence-corrected chi connectivity index (χ4v) is 2.43. The second-order valence-electron chi connectivity index (χ2n) is 5.72. The molecule has 26 heavy (non-hydrogen) atoms. The van der Waals surface area contributed by atoms with Crippen LogP contribution in [0.3, 0.4) is 0 Å². The van der Waals surface area contributed by atoms with Crippen LogP contribution in [-0.4, -0.2) is 26.0 Å². The monoisotopic (exact) mass is 356 g/mol. The van der Waals surface area contributed by atoms with Crippen molar-refractivity contribution in [3.63, 3.8) is 0 Å². The Bertz CT molecular complexity index is 774. The van der Waals surface area contributed by atoms with Crippen molar-refractivity contribution in [2.45, 2.75) is 26.2 Å². The number of carbonyl (C=O) groups excluding carboxylic acids is 2. The van der Waals surface area contributed by atoms with Gasteiger partial charge in [0.1, 0.15) is 11.5 Å². The summed E-state index contributed by atoms with van der Waals surface area (Å²) >= 11 is 0. The number of methoxy groups -OCH3 is 2. The number of rotatable bonds is 8. The number of benzene rings is 2. The molecule has 0 radical (unpaired) electrons. The lowest BCUT2D eigenvalue weighted by molar-refractivity contribution is -0.116. The summed E-state index contributed by atoms with van der Waals surface area (Å²) in [5.41, 5.74) is 1.47. The molecule has 2 rings (SSSR count). The summed E-state index contributed by atoms with van der Waals surface area (Å²) in [6, 6.07) is 12.1. The first-order valence-electron chi connectivity index (χ1n) is 8.51. The first-order valence-corrected chi connectivity index (χ1v) is 8.51. The maximum absolute atomic E-state index is 12.7. The van der Waals surface area contributed by atoms with Crippen LogP contribution in [0.15, 0.2) is 42.5 Å². The van der Waals surface area contributed by atoms with Crippen LogP contribution < -0.4 is 20.1 Å². The van der Waals surface area contributed by atoms with E-state index in [4.69, 9.17) is 9.47 Å². The van der Waals surface area contributed by atoms with Crippen molar-refractivity contribution in [2.75, 3.05) is 24.9 Å². The summed E-state index contributed by atoms with van der Waals surface area (Å²) < 4.78 is 10.4. The van der Waals surface area contributed by atoms with Gasteiger partial charge in [-0.05, 0) is 30.7 Å². The molecule has 0 bridgehead atoms. The summed E-state index contributed by atoms with van der Waals surface area (Å²) in [7, 11) is 3.04. The Morgan fingerprint density at radius 2 is 1.65 bits per heavy atom. The Kier molecular flexibility index (Phi) is 7.02. The van der Waals surface area contributed by atoms with Crippen LogP contribution in [0.4, 0.5) is 11.4 Å². The second kappa shape index (κ2) is 9.46. The molecule has 0 aliphatic rings. The average Bonchev–Trinajstić information content (AvgIpc) is 2.67. The predicted octanol–water partition coefficient (Wildman–Crippen LogP) is 4.08. The van der Waals surface area contributed by atoms with Crippen LogP contribution in [0.25, 0.3) is 0 Å². The topological polar surface area (TPSA) is 76.7 Å². The van der Waals surface area contributed by atoms with E-state index in [-0.39, 0.29) is 11.8 Å². The van der Waals surface area contributed by atoms with E-state index in [0.717, 1.165) is 12.8 Å². The number of unbranched alkanes of at least 4 members (excludes halogenated alkanes) is 1. The third-order valence-corrected chi connectivity index (χ3v) is 3.86. The third-order valence-electron chi connectivity index (χ3n) is 3.86. The number of carbonyl (C=O) groups is 2. The number of anilines is 2. The second-order valence-corrected chi connectivity index (χ2v) is 5.72. The van der Waals surface area contributed by atoms with Crippen LogP contribution in [0.2, 0.25) is 0 Å². The molecule has 0 heterocycles. The molecule has 0 unspecified atom stereocenters. The van der Waals surface area contributed by atoms with Crippen molar-refractivity contribution in [3.8, 4) is 11.5 Å². The maximum Gasteiger partial charge on any atom is 0.259 e. The van der Waals surface area contributed by atoms with Gasteiger partial charge in [0, 0.05) is 12.5 Å². The number of amides is 2. The van der Waals surface area contributed by atoms with Crippen LogP contribution in [0.1, 0.15) is 36.5 Å². The zero-order chi connectivity index (χ0) is 18.9. The van der Waals surface area contributed by atoms with Crippen LogP contribution >= 0.6 is 0 Å². The van der Waals surface area contributed by atoms with Crippen molar-refractivity contribution in [2.24, 2.45) is 0 Å². The van der Waals surface area contributed by atoms with Crippen molar-refractivity contribution in [3.05, 3.63) is 48.0 Å². The molecule has 0 atom stereocenters. The zero-order valence-corrected chi connectivity index (χ0v) is 15.3. The lowest BCUT2D eigenvalue weighted by atomic mass is 10.1. The number of nitrogens with one attached hydrogen (secondary N) is 2. The molecule has 2 aromatic carbocycles. The molecular weight excluding hydrogens is 332 g/mol. The standard InChI is InChI=1S/C20H24N2O4/c1-4-5-10-19(23)21-16-8-6-7-9-17(16)22-20(24)15-12-11-14(25-2)13-18(15)26-3/h6-9,11-13H,4-5,10H2,1-3H3,(H,21,23)(H,22,24). The van der Waals surface area contributed by atoms with Gasteiger partial charge < -0.3 is 20.1 Å². The van der Waals surface area contributed by atoms with Crippen molar-refractivity contribution >= 4 is 23.2 Å². The molecule has 138 valence electrons. The number of hydrogen-bond donors (Lipinski definition) is 2. The Hall–Kier alpha value is -3.02. The smallest absolute Gasteiger partial charge is 0.259 e. The SMILES string of the molecule is CCCCC(=O)Nc1ccccc1NC(=O)c1ccc(OC)cc1OC. The van der Waals surface area contributed by atoms with E-state index in [9.17, 15) is 9.59 Å². The van der Waals surface area contributed by atoms with Gasteiger partial charge in [-0.15, -0.1) is 0 Å². The maximum atomic E-state index is 12.7. The van der Waals surface area contributed by atoms with Gasteiger partial charge in [0.05, 0.1) is 31.2 Å². The van der Waals surface area contributed by atoms with Crippen LogP contribution in [0.5, 0.6) is 11.5 Å². The number of para-hydroxylation sites is 2. The van der Waals surface area contributed by atoms with E-state index in [1.807, 2.05) is 6.92 Å². The van der Waals surface area contributed by atoms with E-state index < -0.39 is 0 Å². The van der Waals surface area contributed by atoms with E-state index in [2.05, 4.69) is 10.6 Å². The lowest BCUT2D eigenvalue weighted by Gasteiger charge is -2.14. The minimum absolute atomic E-state index is 0.0735. The van der Waals surface area contributed by atoms with Gasteiger partial charge in [-0.3, -0.25) is 9.59 Å². The minimum atomic E-state index is -0.334. The van der Waals surface area contributed by atoms with Crippen molar-refractivity contribution in [1.82, 2.24) is 0 Å². The molecule has 6 heteroatoms. The van der Waals surface area contributed by atoms with Crippen molar-refractivity contribution < 1.29 is 19.1 Å². The molecule has 2 N–H and O–H groups in total. The predicted molar refractivity (Wildman–Crippen MR) is 102 cm³/mol. The molecule has 0 saturated heterocycles. The highest BCUT2D eigenvalue weighted by Crippen LogP contribution is 2.27. The highest BCUT2D eigenvalue weighted by atomic mass is 16.5. The number of hydrogen-bond acceptors (Lipinski definition) is 4. The zero-order valence-electron chi connectivity index (χ0n) is 15.3. The molecule has 2 amide bonds. The van der Waals surface area contributed by atoms with Gasteiger partial charge in [-0.25, -0.2) is 0 Å². The summed E-state index contributed by atoms with van der Waals surface area (Å²) in [5.74, 6) is 0.601. The lowest BCUT2D eigenvalue weighted by Crippen LogP contribution is -2.17. The van der Waals surface area contributed by atoms with Crippen LogP contribution in [-0.2, 0) is 4.79 Å². The first kappa shape index (κ1) is 19.3. The molecule has 0 aliphatic carbocycles. The van der Waals surface area contributed by atoms with E-state index in [0.29, 0.717) is 34.9 Å². The third kappa shape index (κ3) is 4.99. The highest BCUT2D eigenvalue weighted by Gasteiger charge is 2.15. The molecule has 0 saturated carbocycles. The molecule has 0 spiro atoms. The Labute approximate surface area is 153 Å². The van der Waals surface area contributed by atoms with Gasteiger partial charge in [-0.1, -0.05) is 25.5 Å². The Morgan fingerprint density at radius 3 is 2.27 bits per heavy atom. The quantitative estimate of drug-likeness (QED) is 0.747. The van der Waals surface area contributed by atoms with Crippen LogP contribution in [0, 0.1) is 0 Å².